The molecule has 0 aliphatic rings. The van der Waals surface area contributed by atoms with Crippen LogP contribution in [-0.4, -0.2) is 15.9 Å². The molecule has 0 saturated carbocycles. The molecule has 0 aliphatic carbocycles. The van der Waals surface area contributed by atoms with Gasteiger partial charge in [-0.3, -0.25) is 9.78 Å². The van der Waals surface area contributed by atoms with E-state index in [1.54, 1.807) is 18.6 Å². The van der Waals surface area contributed by atoms with Gasteiger partial charge in [0.25, 0.3) is 0 Å². The Morgan fingerprint density at radius 3 is 3.00 bits per heavy atom. The van der Waals surface area contributed by atoms with Crippen molar-refractivity contribution < 1.29 is 4.79 Å². The number of rotatable bonds is 5. The number of nitrogens with one attached hydrogen (secondary N) is 1. The zero-order chi connectivity index (χ0) is 12.8. The summed E-state index contributed by atoms with van der Waals surface area (Å²) in [5.41, 5.74) is 1.07. The third-order valence-corrected chi connectivity index (χ3v) is 3.57. The minimum absolute atomic E-state index is 0.00384. The number of hydrogen-bond acceptors (Lipinski definition) is 4. The molecule has 0 bridgehead atoms. The van der Waals surface area contributed by atoms with Crippen molar-refractivity contribution in [2.75, 3.05) is 5.32 Å². The van der Waals surface area contributed by atoms with Crippen molar-refractivity contribution in [1.29, 1.82) is 0 Å². The molecule has 1 N–H and O–H groups in total. The van der Waals surface area contributed by atoms with Crippen LogP contribution in [0.15, 0.2) is 30.7 Å². The molecule has 94 valence electrons. The molecule has 2 heterocycles. The van der Waals surface area contributed by atoms with E-state index in [1.807, 2.05) is 12.1 Å². The molecule has 4 nitrogen and oxygen atoms in total. The second-order valence-electron chi connectivity index (χ2n) is 3.89. The number of pyridine rings is 1. The number of aromatic nitrogens is 2. The zero-order valence-electron chi connectivity index (χ0n) is 10.2. The standard InChI is InChI=1S/C13H15N3OS/c1-2-11-9-15-13(18-11)16-12(17)6-5-10-4-3-7-14-8-10/h3-4,7-9H,2,5-6H2,1H3,(H,15,16,17). The minimum atomic E-state index is -0.00384. The van der Waals surface area contributed by atoms with Gasteiger partial charge in [0.2, 0.25) is 5.91 Å². The van der Waals surface area contributed by atoms with Crippen molar-refractivity contribution in [2.24, 2.45) is 0 Å². The van der Waals surface area contributed by atoms with Gasteiger partial charge in [0.1, 0.15) is 0 Å². The summed E-state index contributed by atoms with van der Waals surface area (Å²) in [6.07, 6.45) is 7.42. The quantitative estimate of drug-likeness (QED) is 0.900. The van der Waals surface area contributed by atoms with Gasteiger partial charge in [0, 0.05) is 29.9 Å². The summed E-state index contributed by atoms with van der Waals surface area (Å²) in [7, 11) is 0. The lowest BCUT2D eigenvalue weighted by atomic mass is 10.1. The molecule has 1 amide bonds. The maximum atomic E-state index is 11.7. The zero-order valence-corrected chi connectivity index (χ0v) is 11.0. The Morgan fingerprint density at radius 1 is 1.44 bits per heavy atom. The molecule has 0 radical (unpaired) electrons. The van der Waals surface area contributed by atoms with Crippen LogP contribution in [0.25, 0.3) is 0 Å². The van der Waals surface area contributed by atoms with Crippen LogP contribution in [-0.2, 0) is 17.6 Å². The average molecular weight is 261 g/mol. The maximum Gasteiger partial charge on any atom is 0.226 e. The number of hydrogen-bond donors (Lipinski definition) is 1. The van der Waals surface area contributed by atoms with E-state index in [4.69, 9.17) is 0 Å². The van der Waals surface area contributed by atoms with E-state index in [9.17, 15) is 4.79 Å². The summed E-state index contributed by atoms with van der Waals surface area (Å²) in [6, 6.07) is 3.85. The van der Waals surface area contributed by atoms with E-state index < -0.39 is 0 Å². The smallest absolute Gasteiger partial charge is 0.226 e. The molecule has 0 aliphatic heterocycles. The molecule has 2 aromatic heterocycles. The molecule has 0 saturated heterocycles. The van der Waals surface area contributed by atoms with Gasteiger partial charge in [-0.15, -0.1) is 11.3 Å². The number of nitrogens with zero attached hydrogens (tertiary/aromatic N) is 2. The van der Waals surface area contributed by atoms with Crippen LogP contribution in [0.3, 0.4) is 0 Å². The van der Waals surface area contributed by atoms with Crippen LogP contribution in [0.2, 0.25) is 0 Å². The third-order valence-electron chi connectivity index (χ3n) is 2.51. The summed E-state index contributed by atoms with van der Waals surface area (Å²) in [5, 5.41) is 3.50. The number of amides is 1. The number of aryl methyl sites for hydroxylation is 2. The van der Waals surface area contributed by atoms with Gasteiger partial charge in [-0.1, -0.05) is 13.0 Å². The Morgan fingerprint density at radius 2 is 2.33 bits per heavy atom. The molecular weight excluding hydrogens is 246 g/mol. The highest BCUT2D eigenvalue weighted by molar-refractivity contribution is 7.15. The second kappa shape index (κ2) is 6.26. The Kier molecular flexibility index (Phi) is 4.41. The van der Waals surface area contributed by atoms with E-state index in [2.05, 4.69) is 22.2 Å². The Bertz CT molecular complexity index is 510. The topological polar surface area (TPSA) is 54.9 Å². The molecule has 18 heavy (non-hydrogen) atoms. The minimum Gasteiger partial charge on any atom is -0.302 e. The van der Waals surface area contributed by atoms with Crippen molar-refractivity contribution >= 4 is 22.4 Å². The van der Waals surface area contributed by atoms with Crippen molar-refractivity contribution in [1.82, 2.24) is 9.97 Å². The molecule has 0 unspecified atom stereocenters. The summed E-state index contributed by atoms with van der Waals surface area (Å²) in [4.78, 5) is 21.1. The first kappa shape index (κ1) is 12.7. The third kappa shape index (κ3) is 3.63. The Balaban J connectivity index is 1.82. The first-order valence-corrected chi connectivity index (χ1v) is 6.73. The van der Waals surface area contributed by atoms with Gasteiger partial charge < -0.3 is 5.32 Å². The van der Waals surface area contributed by atoms with Crippen molar-refractivity contribution in [3.63, 3.8) is 0 Å². The van der Waals surface area contributed by atoms with Gasteiger partial charge in [-0.2, -0.15) is 0 Å². The molecule has 0 spiro atoms. The maximum absolute atomic E-state index is 11.7. The van der Waals surface area contributed by atoms with Gasteiger partial charge in [0.05, 0.1) is 0 Å². The average Bonchev–Trinajstić information content (AvgIpc) is 2.85. The first-order valence-electron chi connectivity index (χ1n) is 5.91. The van der Waals surface area contributed by atoms with Crippen molar-refractivity contribution in [2.45, 2.75) is 26.2 Å². The van der Waals surface area contributed by atoms with Crippen LogP contribution in [0.1, 0.15) is 23.8 Å². The number of carbonyl (C=O) groups excluding carboxylic acids is 1. The molecule has 5 heteroatoms. The lowest BCUT2D eigenvalue weighted by Gasteiger charge is -2.01. The SMILES string of the molecule is CCc1cnc(NC(=O)CCc2cccnc2)s1. The van der Waals surface area contributed by atoms with E-state index >= 15 is 0 Å². The largest absolute Gasteiger partial charge is 0.302 e. The van der Waals surface area contributed by atoms with E-state index in [1.165, 1.54) is 16.2 Å². The predicted molar refractivity (Wildman–Crippen MR) is 72.7 cm³/mol. The van der Waals surface area contributed by atoms with E-state index in [-0.39, 0.29) is 5.91 Å². The Labute approximate surface area is 110 Å². The monoisotopic (exact) mass is 261 g/mol. The Hall–Kier alpha value is -1.75. The van der Waals surface area contributed by atoms with Gasteiger partial charge in [-0.05, 0) is 24.5 Å². The highest BCUT2D eigenvalue weighted by Crippen LogP contribution is 2.18. The lowest BCUT2D eigenvalue weighted by molar-refractivity contribution is -0.116. The first-order chi connectivity index (χ1) is 8.78. The fourth-order valence-corrected chi connectivity index (χ4v) is 2.28. The summed E-state index contributed by atoms with van der Waals surface area (Å²) < 4.78 is 0. The summed E-state index contributed by atoms with van der Waals surface area (Å²) in [6.45, 7) is 2.07. The predicted octanol–water partition coefficient (Wildman–Crippen LogP) is 2.67. The van der Waals surface area contributed by atoms with Crippen molar-refractivity contribution in [3.8, 4) is 0 Å². The van der Waals surface area contributed by atoms with Crippen LogP contribution in [0, 0.1) is 0 Å². The van der Waals surface area contributed by atoms with Crippen LogP contribution in [0.5, 0.6) is 0 Å². The van der Waals surface area contributed by atoms with Crippen LogP contribution < -0.4 is 5.32 Å². The van der Waals surface area contributed by atoms with Gasteiger partial charge in [0.15, 0.2) is 5.13 Å². The molecule has 2 aromatic rings. The molecule has 2 rings (SSSR count). The summed E-state index contributed by atoms with van der Waals surface area (Å²) >= 11 is 1.53. The number of anilines is 1. The van der Waals surface area contributed by atoms with E-state index in [0.29, 0.717) is 18.0 Å². The normalized spacial score (nSPS) is 10.3. The fourth-order valence-electron chi connectivity index (χ4n) is 1.51. The highest BCUT2D eigenvalue weighted by Gasteiger charge is 2.06. The molecular formula is C13H15N3OS. The molecule has 0 fully saturated rings. The highest BCUT2D eigenvalue weighted by atomic mass is 32.1. The molecule has 0 aromatic carbocycles. The van der Waals surface area contributed by atoms with Gasteiger partial charge >= 0.3 is 0 Å². The number of thiazole rings is 1. The summed E-state index contributed by atoms with van der Waals surface area (Å²) in [5.74, 6) is -0.00384. The van der Waals surface area contributed by atoms with Crippen LogP contribution >= 0.6 is 11.3 Å². The van der Waals surface area contributed by atoms with Gasteiger partial charge in [-0.25, -0.2) is 4.98 Å². The van der Waals surface area contributed by atoms with Crippen LogP contribution in [0.4, 0.5) is 5.13 Å². The van der Waals surface area contributed by atoms with E-state index in [0.717, 1.165) is 12.0 Å². The van der Waals surface area contributed by atoms with Crippen molar-refractivity contribution in [3.05, 3.63) is 41.2 Å². The second-order valence-corrected chi connectivity index (χ2v) is 5.01. The number of carbonyl (C=O) groups is 1. The molecule has 0 atom stereocenters. The fraction of sp³-hybridized carbons (Fsp3) is 0.308. The lowest BCUT2D eigenvalue weighted by Crippen LogP contribution is -2.12.